The first-order valence-corrected chi connectivity index (χ1v) is 5.36. The zero-order valence-corrected chi connectivity index (χ0v) is 9.84. The highest BCUT2D eigenvalue weighted by Gasteiger charge is 2.24. The molecule has 0 radical (unpaired) electrons. The molecule has 1 aromatic rings. The Bertz CT molecular complexity index is 433. The molecule has 1 unspecified atom stereocenters. The molecule has 1 atom stereocenters. The van der Waals surface area contributed by atoms with E-state index < -0.39 is 0 Å². The minimum Gasteiger partial charge on any atom is -0.489 e. The Hall–Kier alpha value is -1.75. The molecule has 92 valence electrons. The molecule has 0 fully saturated rings. The van der Waals surface area contributed by atoms with E-state index >= 15 is 0 Å². The Morgan fingerprint density at radius 2 is 2.41 bits per heavy atom. The van der Waals surface area contributed by atoms with E-state index in [-0.39, 0.29) is 18.6 Å². The highest BCUT2D eigenvalue weighted by atomic mass is 16.5. The number of aliphatic hydroxyl groups is 1. The van der Waals surface area contributed by atoms with Crippen molar-refractivity contribution in [2.45, 2.75) is 6.04 Å². The summed E-state index contributed by atoms with van der Waals surface area (Å²) < 4.78 is 10.2. The zero-order valence-electron chi connectivity index (χ0n) is 9.84. The second-order valence-electron chi connectivity index (χ2n) is 3.93. The first-order valence-electron chi connectivity index (χ1n) is 5.36. The lowest BCUT2D eigenvalue weighted by atomic mass is 10.1. The number of carbonyl (C=O) groups excluding carboxylic acids is 1. The van der Waals surface area contributed by atoms with Crippen LogP contribution in [0.4, 0.5) is 5.69 Å². The van der Waals surface area contributed by atoms with Gasteiger partial charge in [0.1, 0.15) is 12.4 Å². The number of hydrogen-bond acceptors (Lipinski definition) is 5. The van der Waals surface area contributed by atoms with Crippen molar-refractivity contribution in [2.75, 3.05) is 32.3 Å². The van der Waals surface area contributed by atoms with Crippen molar-refractivity contribution in [3.05, 3.63) is 23.8 Å². The second kappa shape index (κ2) is 4.63. The highest BCUT2D eigenvalue weighted by molar-refractivity contribution is 5.90. The molecule has 1 heterocycles. The molecule has 1 aromatic carbocycles. The van der Waals surface area contributed by atoms with Crippen LogP contribution in [0.15, 0.2) is 18.2 Å². The second-order valence-corrected chi connectivity index (χ2v) is 3.93. The fourth-order valence-electron chi connectivity index (χ4n) is 1.84. The summed E-state index contributed by atoms with van der Waals surface area (Å²) in [6.45, 7) is 0.444. The van der Waals surface area contributed by atoms with Crippen molar-refractivity contribution in [1.82, 2.24) is 0 Å². The molecule has 5 heteroatoms. The van der Waals surface area contributed by atoms with E-state index in [1.807, 2.05) is 11.9 Å². The van der Waals surface area contributed by atoms with Crippen LogP contribution in [0.2, 0.25) is 0 Å². The van der Waals surface area contributed by atoms with Crippen molar-refractivity contribution in [3.8, 4) is 5.75 Å². The van der Waals surface area contributed by atoms with Crippen molar-refractivity contribution < 1.29 is 19.4 Å². The van der Waals surface area contributed by atoms with Gasteiger partial charge in [0.25, 0.3) is 0 Å². The van der Waals surface area contributed by atoms with Crippen LogP contribution >= 0.6 is 0 Å². The van der Waals surface area contributed by atoms with Crippen LogP contribution in [0, 0.1) is 0 Å². The maximum absolute atomic E-state index is 11.4. The third-order valence-electron chi connectivity index (χ3n) is 2.95. The predicted molar refractivity (Wildman–Crippen MR) is 62.6 cm³/mol. The SMILES string of the molecule is COC(=O)c1ccc2c(c1)OCC(CO)N2C. The van der Waals surface area contributed by atoms with Gasteiger partial charge in [0.15, 0.2) is 0 Å². The van der Waals surface area contributed by atoms with Gasteiger partial charge in [-0.2, -0.15) is 0 Å². The van der Waals surface area contributed by atoms with Crippen molar-refractivity contribution in [3.63, 3.8) is 0 Å². The van der Waals surface area contributed by atoms with Crippen LogP contribution in [0.25, 0.3) is 0 Å². The largest absolute Gasteiger partial charge is 0.489 e. The lowest BCUT2D eigenvalue weighted by Gasteiger charge is -2.34. The molecule has 0 spiro atoms. The zero-order chi connectivity index (χ0) is 12.4. The number of carbonyl (C=O) groups is 1. The quantitative estimate of drug-likeness (QED) is 0.766. The summed E-state index contributed by atoms with van der Waals surface area (Å²) in [7, 11) is 3.23. The molecule has 0 amide bonds. The van der Waals surface area contributed by atoms with Gasteiger partial charge in [-0.25, -0.2) is 4.79 Å². The number of methoxy groups -OCH3 is 1. The number of benzene rings is 1. The van der Waals surface area contributed by atoms with Crippen molar-refractivity contribution in [2.24, 2.45) is 0 Å². The molecule has 0 aliphatic carbocycles. The fraction of sp³-hybridized carbons (Fsp3) is 0.417. The molecule has 0 aromatic heterocycles. The number of fused-ring (bicyclic) bond motifs is 1. The van der Waals surface area contributed by atoms with Crippen LogP contribution in [0.5, 0.6) is 5.75 Å². The number of hydrogen-bond donors (Lipinski definition) is 1. The lowest BCUT2D eigenvalue weighted by Crippen LogP contribution is -2.42. The molecule has 1 aliphatic rings. The molecule has 1 N–H and O–H groups in total. The Labute approximate surface area is 99.6 Å². The molecule has 2 rings (SSSR count). The summed E-state index contributed by atoms with van der Waals surface area (Å²) in [5, 5.41) is 9.17. The number of ether oxygens (including phenoxy) is 2. The van der Waals surface area contributed by atoms with Gasteiger partial charge in [-0.1, -0.05) is 0 Å². The maximum Gasteiger partial charge on any atom is 0.337 e. The highest BCUT2D eigenvalue weighted by Crippen LogP contribution is 2.33. The average molecular weight is 237 g/mol. The number of esters is 1. The molecule has 0 saturated carbocycles. The summed E-state index contributed by atoms with van der Waals surface area (Å²) in [6.07, 6.45) is 0. The standard InChI is InChI=1S/C12H15NO4/c1-13-9(6-14)7-17-11-5-8(12(15)16-2)3-4-10(11)13/h3-5,9,14H,6-7H2,1-2H3. The van der Waals surface area contributed by atoms with Crippen LogP contribution in [0.1, 0.15) is 10.4 Å². The molecule has 17 heavy (non-hydrogen) atoms. The van der Waals surface area contributed by atoms with Gasteiger partial charge in [-0.05, 0) is 18.2 Å². The van der Waals surface area contributed by atoms with Gasteiger partial charge < -0.3 is 19.5 Å². The van der Waals surface area contributed by atoms with E-state index in [9.17, 15) is 9.90 Å². The Morgan fingerprint density at radius 3 is 3.06 bits per heavy atom. The predicted octanol–water partition coefficient (Wildman–Crippen LogP) is 0.663. The van der Waals surface area contributed by atoms with Gasteiger partial charge in [0, 0.05) is 7.05 Å². The third kappa shape index (κ3) is 2.06. The Kier molecular flexibility index (Phi) is 3.19. The molecule has 1 aliphatic heterocycles. The van der Waals surface area contributed by atoms with E-state index in [4.69, 9.17) is 4.74 Å². The van der Waals surface area contributed by atoms with Gasteiger partial charge >= 0.3 is 5.97 Å². The molecule has 0 bridgehead atoms. The minimum atomic E-state index is -0.386. The third-order valence-corrected chi connectivity index (χ3v) is 2.95. The topological polar surface area (TPSA) is 59.0 Å². The van der Waals surface area contributed by atoms with Crippen LogP contribution in [-0.4, -0.2) is 44.5 Å². The van der Waals surface area contributed by atoms with Crippen LogP contribution in [0.3, 0.4) is 0 Å². The normalized spacial score (nSPS) is 18.3. The van der Waals surface area contributed by atoms with Gasteiger partial charge in [0.2, 0.25) is 0 Å². The summed E-state index contributed by atoms with van der Waals surface area (Å²) in [5.74, 6) is 0.253. The number of anilines is 1. The molecular formula is C12H15NO4. The van der Waals surface area contributed by atoms with Gasteiger partial charge in [-0.3, -0.25) is 0 Å². The first kappa shape index (κ1) is 11.7. The fourth-order valence-corrected chi connectivity index (χ4v) is 1.84. The van der Waals surface area contributed by atoms with Gasteiger partial charge in [0.05, 0.1) is 31.0 Å². The molecular weight excluding hydrogens is 222 g/mol. The van der Waals surface area contributed by atoms with Gasteiger partial charge in [-0.15, -0.1) is 0 Å². The molecule has 5 nitrogen and oxygen atoms in total. The summed E-state index contributed by atoms with van der Waals surface area (Å²) >= 11 is 0. The Morgan fingerprint density at radius 1 is 1.65 bits per heavy atom. The van der Waals surface area contributed by atoms with E-state index in [0.717, 1.165) is 5.69 Å². The first-order chi connectivity index (χ1) is 8.17. The summed E-state index contributed by atoms with van der Waals surface area (Å²) in [6, 6.07) is 5.09. The van der Waals surface area contributed by atoms with Crippen molar-refractivity contribution >= 4 is 11.7 Å². The summed E-state index contributed by atoms with van der Waals surface area (Å²) in [5.41, 5.74) is 1.32. The summed E-state index contributed by atoms with van der Waals surface area (Å²) in [4.78, 5) is 13.3. The lowest BCUT2D eigenvalue weighted by molar-refractivity contribution is 0.0600. The maximum atomic E-state index is 11.4. The van der Waals surface area contributed by atoms with E-state index in [1.54, 1.807) is 18.2 Å². The number of nitrogens with zero attached hydrogens (tertiary/aromatic N) is 1. The van der Waals surface area contributed by atoms with E-state index in [0.29, 0.717) is 17.9 Å². The average Bonchev–Trinajstić information content (AvgIpc) is 2.38. The monoisotopic (exact) mass is 237 g/mol. The van der Waals surface area contributed by atoms with Crippen LogP contribution in [-0.2, 0) is 4.74 Å². The number of aliphatic hydroxyl groups excluding tert-OH is 1. The Balaban J connectivity index is 2.33. The smallest absolute Gasteiger partial charge is 0.337 e. The van der Waals surface area contributed by atoms with E-state index in [2.05, 4.69) is 4.74 Å². The van der Waals surface area contributed by atoms with Crippen molar-refractivity contribution in [1.29, 1.82) is 0 Å². The molecule has 0 saturated heterocycles. The number of rotatable bonds is 2. The van der Waals surface area contributed by atoms with E-state index in [1.165, 1.54) is 7.11 Å². The minimum absolute atomic E-state index is 0.0364. The van der Waals surface area contributed by atoms with Crippen LogP contribution < -0.4 is 9.64 Å². The number of likely N-dealkylation sites (N-methyl/N-ethyl adjacent to an activating group) is 1.